The number of carbonyl (C=O) groups is 1. The Morgan fingerprint density at radius 3 is 2.88 bits per heavy atom. The van der Waals surface area contributed by atoms with Crippen molar-refractivity contribution in [1.82, 2.24) is 20.4 Å². The molecule has 1 atom stereocenters. The van der Waals surface area contributed by atoms with Gasteiger partial charge in [0, 0.05) is 18.7 Å². The van der Waals surface area contributed by atoms with Crippen molar-refractivity contribution < 1.29 is 18.8 Å². The third-order valence-electron chi connectivity index (χ3n) is 6.48. The topological polar surface area (TPSA) is 89.7 Å². The van der Waals surface area contributed by atoms with Gasteiger partial charge in [-0.05, 0) is 69.7 Å². The van der Waals surface area contributed by atoms with Crippen LogP contribution in [0.5, 0.6) is 11.5 Å². The minimum atomic E-state index is 0.00678. The Balaban J connectivity index is 1.29. The molecule has 0 saturated carbocycles. The molecule has 1 N–H and O–H groups in total. The summed E-state index contributed by atoms with van der Waals surface area (Å²) in [5.74, 6) is 2.49. The molecule has 8 heteroatoms. The van der Waals surface area contributed by atoms with Gasteiger partial charge in [-0.3, -0.25) is 9.69 Å². The fourth-order valence-corrected chi connectivity index (χ4v) is 4.64. The lowest BCUT2D eigenvalue weighted by atomic mass is 9.96. The molecule has 1 aromatic heterocycles. The van der Waals surface area contributed by atoms with E-state index in [2.05, 4.69) is 26.4 Å². The molecule has 178 valence electrons. The first-order valence-corrected chi connectivity index (χ1v) is 11.9. The summed E-state index contributed by atoms with van der Waals surface area (Å²) in [6.07, 6.45) is 10.2. The van der Waals surface area contributed by atoms with Gasteiger partial charge in [-0.1, -0.05) is 16.8 Å². The summed E-state index contributed by atoms with van der Waals surface area (Å²) in [6.45, 7) is 2.91. The minimum absolute atomic E-state index is 0.00678. The number of piperidine rings is 1. The van der Waals surface area contributed by atoms with Gasteiger partial charge >= 0.3 is 0 Å². The van der Waals surface area contributed by atoms with E-state index in [1.54, 1.807) is 14.2 Å². The van der Waals surface area contributed by atoms with Crippen LogP contribution in [-0.4, -0.2) is 54.8 Å². The van der Waals surface area contributed by atoms with Crippen LogP contribution in [0.3, 0.4) is 0 Å². The van der Waals surface area contributed by atoms with E-state index in [4.69, 9.17) is 14.0 Å². The van der Waals surface area contributed by atoms with Crippen LogP contribution in [0.25, 0.3) is 11.4 Å². The first-order chi connectivity index (χ1) is 16.2. The molecule has 1 saturated heterocycles. The average molecular weight is 455 g/mol. The predicted octanol–water partition coefficient (Wildman–Crippen LogP) is 3.97. The van der Waals surface area contributed by atoms with Crippen LogP contribution in [0.1, 0.15) is 50.8 Å². The van der Waals surface area contributed by atoms with Gasteiger partial charge in [0.15, 0.2) is 11.5 Å². The summed E-state index contributed by atoms with van der Waals surface area (Å²) in [5.41, 5.74) is 2.29. The van der Waals surface area contributed by atoms with E-state index >= 15 is 0 Å². The van der Waals surface area contributed by atoms with E-state index in [0.717, 1.165) is 37.9 Å². The smallest absolute Gasteiger partial charge is 0.241 e. The van der Waals surface area contributed by atoms with E-state index in [0.29, 0.717) is 36.3 Å². The highest BCUT2D eigenvalue weighted by molar-refractivity contribution is 5.79. The Bertz CT molecular complexity index is 971. The second-order valence-corrected chi connectivity index (χ2v) is 8.80. The van der Waals surface area contributed by atoms with Gasteiger partial charge in [0.1, 0.15) is 0 Å². The molecule has 0 radical (unpaired) electrons. The van der Waals surface area contributed by atoms with Crippen LogP contribution in [0.2, 0.25) is 0 Å². The van der Waals surface area contributed by atoms with Crippen molar-refractivity contribution in [2.75, 3.05) is 33.9 Å². The monoisotopic (exact) mass is 454 g/mol. The molecule has 1 aliphatic heterocycles. The number of ether oxygens (including phenoxy) is 2. The maximum atomic E-state index is 12.7. The highest BCUT2D eigenvalue weighted by atomic mass is 16.5. The molecule has 1 aliphatic carbocycles. The average Bonchev–Trinajstić information content (AvgIpc) is 3.32. The Hall–Kier alpha value is -2.87. The Morgan fingerprint density at radius 2 is 2.09 bits per heavy atom. The molecule has 4 rings (SSSR count). The number of nitrogens with one attached hydrogen (secondary N) is 1. The summed E-state index contributed by atoms with van der Waals surface area (Å²) in [7, 11) is 3.20. The number of likely N-dealkylation sites (tertiary alicyclic amines) is 1. The van der Waals surface area contributed by atoms with Crippen molar-refractivity contribution in [3.05, 3.63) is 35.7 Å². The molecule has 1 unspecified atom stereocenters. The highest BCUT2D eigenvalue weighted by Crippen LogP contribution is 2.31. The number of methoxy groups -OCH3 is 2. The fourth-order valence-electron chi connectivity index (χ4n) is 4.64. The van der Waals surface area contributed by atoms with Gasteiger partial charge in [-0.15, -0.1) is 0 Å². The van der Waals surface area contributed by atoms with Gasteiger partial charge < -0.3 is 19.3 Å². The molecule has 0 spiro atoms. The van der Waals surface area contributed by atoms with Gasteiger partial charge in [-0.25, -0.2) is 0 Å². The lowest BCUT2D eigenvalue weighted by Gasteiger charge is -2.30. The number of carbonyl (C=O) groups excluding carboxylic acids is 1. The summed E-state index contributed by atoms with van der Waals surface area (Å²) < 4.78 is 16.1. The molecule has 33 heavy (non-hydrogen) atoms. The highest BCUT2D eigenvalue weighted by Gasteiger charge is 2.27. The van der Waals surface area contributed by atoms with Gasteiger partial charge in [0.25, 0.3) is 0 Å². The molecule has 8 nitrogen and oxygen atoms in total. The lowest BCUT2D eigenvalue weighted by Crippen LogP contribution is -2.43. The second kappa shape index (κ2) is 11.3. The van der Waals surface area contributed by atoms with E-state index in [9.17, 15) is 4.79 Å². The number of hydrogen-bond donors (Lipinski definition) is 1. The van der Waals surface area contributed by atoms with Crippen molar-refractivity contribution in [3.8, 4) is 22.9 Å². The second-order valence-electron chi connectivity index (χ2n) is 8.80. The number of allylic oxidation sites excluding steroid dienone is 1. The largest absolute Gasteiger partial charge is 0.493 e. The van der Waals surface area contributed by atoms with Crippen molar-refractivity contribution in [2.45, 2.75) is 51.5 Å². The molecular formula is C25H34N4O4. The molecule has 2 aliphatic rings. The van der Waals surface area contributed by atoms with Crippen LogP contribution in [0.15, 0.2) is 34.4 Å². The van der Waals surface area contributed by atoms with E-state index < -0.39 is 0 Å². The number of nitrogens with zero attached hydrogens (tertiary/aromatic N) is 3. The van der Waals surface area contributed by atoms with Crippen molar-refractivity contribution in [3.63, 3.8) is 0 Å². The van der Waals surface area contributed by atoms with Gasteiger partial charge in [0.05, 0.1) is 26.7 Å². The molecule has 0 bridgehead atoms. The van der Waals surface area contributed by atoms with Crippen LogP contribution < -0.4 is 14.8 Å². The summed E-state index contributed by atoms with van der Waals surface area (Å²) in [5, 5.41) is 7.28. The Kier molecular flexibility index (Phi) is 7.99. The van der Waals surface area contributed by atoms with Crippen molar-refractivity contribution in [2.24, 2.45) is 5.92 Å². The van der Waals surface area contributed by atoms with Crippen molar-refractivity contribution >= 4 is 5.91 Å². The summed E-state index contributed by atoms with van der Waals surface area (Å²) in [6, 6.07) is 5.53. The van der Waals surface area contributed by atoms with Crippen LogP contribution >= 0.6 is 0 Å². The van der Waals surface area contributed by atoms with Crippen LogP contribution in [0, 0.1) is 5.92 Å². The lowest BCUT2D eigenvalue weighted by molar-refractivity contribution is -0.126. The number of amides is 1. The SMILES string of the molecule is COc1ccc(-c2noc(CN3CCCC(C(=O)NCCC4=CCCCC4)C3)n2)cc1OC. The summed E-state index contributed by atoms with van der Waals surface area (Å²) >= 11 is 0. The molecular weight excluding hydrogens is 420 g/mol. The zero-order chi connectivity index (χ0) is 23.0. The Morgan fingerprint density at radius 1 is 1.21 bits per heavy atom. The van der Waals surface area contributed by atoms with Crippen LogP contribution in [0.4, 0.5) is 0 Å². The van der Waals surface area contributed by atoms with Crippen LogP contribution in [-0.2, 0) is 11.3 Å². The molecule has 1 aromatic carbocycles. The predicted molar refractivity (Wildman–Crippen MR) is 125 cm³/mol. The van der Waals surface area contributed by atoms with E-state index in [1.807, 2.05) is 18.2 Å². The number of hydrogen-bond acceptors (Lipinski definition) is 7. The normalized spacial score (nSPS) is 19.1. The summed E-state index contributed by atoms with van der Waals surface area (Å²) in [4.78, 5) is 19.5. The first kappa shape index (κ1) is 23.3. The third-order valence-corrected chi connectivity index (χ3v) is 6.48. The quantitative estimate of drug-likeness (QED) is 0.573. The van der Waals surface area contributed by atoms with Gasteiger partial charge in [-0.2, -0.15) is 4.98 Å². The van der Waals surface area contributed by atoms with E-state index in [-0.39, 0.29) is 11.8 Å². The zero-order valence-electron chi connectivity index (χ0n) is 19.6. The Labute approximate surface area is 195 Å². The zero-order valence-corrected chi connectivity index (χ0v) is 19.6. The standard InChI is InChI=1S/C25H34N4O4/c1-31-21-11-10-19(15-22(21)32-2)24-27-23(33-28-24)17-29-14-6-9-20(16-29)25(30)26-13-12-18-7-4-3-5-8-18/h7,10-11,15,20H,3-6,8-9,12-14,16-17H2,1-2H3,(H,26,30). The number of benzene rings is 1. The number of aromatic nitrogens is 2. The van der Waals surface area contributed by atoms with E-state index in [1.165, 1.54) is 31.3 Å². The first-order valence-electron chi connectivity index (χ1n) is 11.9. The number of rotatable bonds is 9. The fraction of sp³-hybridized carbons (Fsp3) is 0.560. The van der Waals surface area contributed by atoms with Gasteiger partial charge in [0.2, 0.25) is 17.6 Å². The molecule has 2 heterocycles. The van der Waals surface area contributed by atoms with Crippen molar-refractivity contribution in [1.29, 1.82) is 0 Å². The molecule has 1 amide bonds. The maximum Gasteiger partial charge on any atom is 0.241 e. The minimum Gasteiger partial charge on any atom is -0.493 e. The molecule has 2 aromatic rings. The third kappa shape index (κ3) is 6.13. The molecule has 1 fully saturated rings. The maximum absolute atomic E-state index is 12.7.